The highest BCUT2D eigenvalue weighted by atomic mass is 15.1. The van der Waals surface area contributed by atoms with E-state index in [0.29, 0.717) is 12.1 Å². The summed E-state index contributed by atoms with van der Waals surface area (Å²) < 4.78 is 0. The van der Waals surface area contributed by atoms with E-state index < -0.39 is 0 Å². The molecule has 0 aromatic rings. The van der Waals surface area contributed by atoms with Crippen molar-refractivity contribution in [1.82, 2.24) is 15.1 Å². The lowest BCUT2D eigenvalue weighted by atomic mass is 9.90. The molecule has 1 N–H and O–H groups in total. The lowest BCUT2D eigenvalue weighted by Crippen LogP contribution is -2.50. The molecule has 1 rings (SSSR count). The molecule has 1 heterocycles. The van der Waals surface area contributed by atoms with Gasteiger partial charge in [-0.15, -0.1) is 0 Å². The number of likely N-dealkylation sites (N-methyl/N-ethyl adjacent to an activating group) is 1. The van der Waals surface area contributed by atoms with Crippen molar-refractivity contribution in [2.24, 2.45) is 11.8 Å². The van der Waals surface area contributed by atoms with E-state index in [1.807, 2.05) is 0 Å². The molecule has 3 unspecified atom stereocenters. The fourth-order valence-electron chi connectivity index (χ4n) is 3.73. The van der Waals surface area contributed by atoms with Gasteiger partial charge in [0.15, 0.2) is 0 Å². The van der Waals surface area contributed by atoms with Gasteiger partial charge in [-0.3, -0.25) is 0 Å². The lowest BCUT2D eigenvalue weighted by Gasteiger charge is -2.38. The van der Waals surface area contributed by atoms with Crippen molar-refractivity contribution in [2.45, 2.75) is 65.5 Å². The molecule has 0 amide bonds. The summed E-state index contributed by atoms with van der Waals surface area (Å²) in [6, 6.07) is 1.25. The first-order chi connectivity index (χ1) is 9.92. The highest BCUT2D eigenvalue weighted by molar-refractivity contribution is 4.84. The first-order valence-electron chi connectivity index (χ1n) is 9.05. The van der Waals surface area contributed by atoms with E-state index in [4.69, 9.17) is 0 Å². The summed E-state index contributed by atoms with van der Waals surface area (Å²) >= 11 is 0. The quantitative estimate of drug-likeness (QED) is 0.705. The number of rotatable bonds is 9. The van der Waals surface area contributed by atoms with Gasteiger partial charge in [0, 0.05) is 25.2 Å². The SMILES string of the molecule is CCCN1CCCC(C(C)NC(CC(C)C)CN(C)C)C1. The van der Waals surface area contributed by atoms with E-state index in [1.54, 1.807) is 0 Å². The first-order valence-corrected chi connectivity index (χ1v) is 9.05. The fourth-order valence-corrected chi connectivity index (χ4v) is 3.73. The molecule has 3 nitrogen and oxygen atoms in total. The second kappa shape index (κ2) is 9.81. The van der Waals surface area contributed by atoms with Crippen LogP contribution in [0.3, 0.4) is 0 Å². The van der Waals surface area contributed by atoms with Crippen molar-refractivity contribution in [3.8, 4) is 0 Å². The Hall–Kier alpha value is -0.120. The Bertz CT molecular complexity index is 253. The number of hydrogen-bond donors (Lipinski definition) is 1. The minimum Gasteiger partial charge on any atom is -0.310 e. The van der Waals surface area contributed by atoms with Crippen LogP contribution in [-0.4, -0.2) is 62.2 Å². The van der Waals surface area contributed by atoms with Crippen molar-refractivity contribution in [3.63, 3.8) is 0 Å². The van der Waals surface area contributed by atoms with Gasteiger partial charge in [0.1, 0.15) is 0 Å². The molecular weight excluding hydrogens is 258 g/mol. The predicted molar refractivity (Wildman–Crippen MR) is 93.8 cm³/mol. The van der Waals surface area contributed by atoms with E-state index in [2.05, 4.69) is 56.9 Å². The van der Waals surface area contributed by atoms with Crippen LogP contribution in [0.4, 0.5) is 0 Å². The highest BCUT2D eigenvalue weighted by Gasteiger charge is 2.26. The fraction of sp³-hybridized carbons (Fsp3) is 1.00. The van der Waals surface area contributed by atoms with Crippen LogP contribution in [0, 0.1) is 11.8 Å². The van der Waals surface area contributed by atoms with Crippen LogP contribution in [0.1, 0.15) is 53.4 Å². The number of nitrogens with one attached hydrogen (secondary N) is 1. The summed E-state index contributed by atoms with van der Waals surface area (Å²) in [5, 5.41) is 3.94. The average molecular weight is 298 g/mol. The summed E-state index contributed by atoms with van der Waals surface area (Å²) in [6.45, 7) is 14.4. The van der Waals surface area contributed by atoms with Crippen LogP contribution in [0.15, 0.2) is 0 Å². The van der Waals surface area contributed by atoms with Gasteiger partial charge >= 0.3 is 0 Å². The van der Waals surface area contributed by atoms with Crippen molar-refractivity contribution in [1.29, 1.82) is 0 Å². The van der Waals surface area contributed by atoms with Crippen LogP contribution in [-0.2, 0) is 0 Å². The molecule has 0 radical (unpaired) electrons. The maximum absolute atomic E-state index is 3.94. The molecule has 21 heavy (non-hydrogen) atoms. The van der Waals surface area contributed by atoms with Crippen LogP contribution >= 0.6 is 0 Å². The Labute approximate surface area is 133 Å². The molecule has 1 fully saturated rings. The molecule has 0 bridgehead atoms. The van der Waals surface area contributed by atoms with E-state index in [0.717, 1.165) is 18.4 Å². The van der Waals surface area contributed by atoms with Crippen molar-refractivity contribution < 1.29 is 0 Å². The zero-order chi connectivity index (χ0) is 15.8. The standard InChI is InChI=1S/C18H39N3/c1-7-10-21-11-8-9-17(13-21)16(4)19-18(12-15(2)3)14-20(5)6/h15-19H,7-14H2,1-6H3. The number of hydrogen-bond acceptors (Lipinski definition) is 3. The third-order valence-corrected chi connectivity index (χ3v) is 4.63. The Kier molecular flexibility index (Phi) is 8.84. The van der Waals surface area contributed by atoms with Crippen molar-refractivity contribution in [2.75, 3.05) is 40.3 Å². The highest BCUT2D eigenvalue weighted by Crippen LogP contribution is 2.21. The number of piperidine rings is 1. The van der Waals surface area contributed by atoms with Gasteiger partial charge in [0.05, 0.1) is 0 Å². The summed E-state index contributed by atoms with van der Waals surface area (Å²) in [5.74, 6) is 1.58. The molecule has 1 saturated heterocycles. The van der Waals surface area contributed by atoms with E-state index in [-0.39, 0.29) is 0 Å². The topological polar surface area (TPSA) is 18.5 Å². The van der Waals surface area contributed by atoms with Gasteiger partial charge in [-0.1, -0.05) is 20.8 Å². The van der Waals surface area contributed by atoms with Crippen molar-refractivity contribution in [3.05, 3.63) is 0 Å². The largest absolute Gasteiger partial charge is 0.310 e. The predicted octanol–water partition coefficient (Wildman–Crippen LogP) is 3.06. The van der Waals surface area contributed by atoms with Gasteiger partial charge < -0.3 is 15.1 Å². The van der Waals surface area contributed by atoms with Gasteiger partial charge in [-0.05, 0) is 71.6 Å². The molecule has 3 atom stereocenters. The van der Waals surface area contributed by atoms with Crippen LogP contribution in [0.25, 0.3) is 0 Å². The Morgan fingerprint density at radius 3 is 2.52 bits per heavy atom. The lowest BCUT2D eigenvalue weighted by molar-refractivity contribution is 0.141. The normalized spacial score (nSPS) is 23.7. The molecule has 0 aromatic carbocycles. The van der Waals surface area contributed by atoms with E-state index in [1.165, 1.54) is 45.3 Å². The Balaban J connectivity index is 2.48. The van der Waals surface area contributed by atoms with E-state index >= 15 is 0 Å². The van der Waals surface area contributed by atoms with Crippen molar-refractivity contribution >= 4 is 0 Å². The van der Waals surface area contributed by atoms with Crippen LogP contribution in [0.2, 0.25) is 0 Å². The second-order valence-electron chi connectivity index (χ2n) is 7.75. The monoisotopic (exact) mass is 297 g/mol. The van der Waals surface area contributed by atoms with Gasteiger partial charge in [-0.2, -0.15) is 0 Å². The molecule has 126 valence electrons. The zero-order valence-corrected chi connectivity index (χ0v) is 15.4. The minimum absolute atomic E-state index is 0.622. The Morgan fingerprint density at radius 1 is 1.24 bits per heavy atom. The molecule has 0 aliphatic carbocycles. The minimum atomic E-state index is 0.622. The number of nitrogens with zero attached hydrogens (tertiary/aromatic N) is 2. The maximum Gasteiger partial charge on any atom is 0.0199 e. The molecule has 3 heteroatoms. The first kappa shape index (κ1) is 18.9. The molecule has 1 aliphatic rings. The maximum atomic E-state index is 3.94. The Morgan fingerprint density at radius 2 is 1.95 bits per heavy atom. The van der Waals surface area contributed by atoms with Crippen LogP contribution in [0.5, 0.6) is 0 Å². The summed E-state index contributed by atoms with van der Waals surface area (Å²) in [5.41, 5.74) is 0. The van der Waals surface area contributed by atoms with Gasteiger partial charge in [0.2, 0.25) is 0 Å². The molecule has 1 aliphatic heterocycles. The van der Waals surface area contributed by atoms with Gasteiger partial charge in [-0.25, -0.2) is 0 Å². The number of likely N-dealkylation sites (tertiary alicyclic amines) is 1. The summed E-state index contributed by atoms with van der Waals surface area (Å²) in [7, 11) is 4.37. The smallest absolute Gasteiger partial charge is 0.0199 e. The summed E-state index contributed by atoms with van der Waals surface area (Å²) in [6.07, 6.45) is 5.32. The average Bonchev–Trinajstić information content (AvgIpc) is 2.37. The third kappa shape index (κ3) is 7.62. The zero-order valence-electron chi connectivity index (χ0n) is 15.4. The second-order valence-corrected chi connectivity index (χ2v) is 7.75. The van der Waals surface area contributed by atoms with Gasteiger partial charge in [0.25, 0.3) is 0 Å². The molecule has 0 spiro atoms. The molecule has 0 aromatic heterocycles. The summed E-state index contributed by atoms with van der Waals surface area (Å²) in [4.78, 5) is 4.98. The molecule has 0 saturated carbocycles. The van der Waals surface area contributed by atoms with Crippen LogP contribution < -0.4 is 5.32 Å². The third-order valence-electron chi connectivity index (χ3n) is 4.63. The van der Waals surface area contributed by atoms with E-state index in [9.17, 15) is 0 Å². The molecular formula is C18H39N3.